The molecule has 0 radical (unpaired) electrons. The molecule has 5 aliphatic rings. The van der Waals surface area contributed by atoms with Crippen molar-refractivity contribution in [1.82, 2.24) is 20.0 Å². The summed E-state index contributed by atoms with van der Waals surface area (Å²) in [5.74, 6) is -1.14. The fraction of sp³-hybridized carbons (Fsp3) is 0.560. The Hall–Kier alpha value is -3.63. The summed E-state index contributed by atoms with van der Waals surface area (Å²) in [7, 11) is 0. The molecule has 11 heteroatoms. The van der Waals surface area contributed by atoms with Gasteiger partial charge >= 0.3 is 12.2 Å². The second-order valence-corrected chi connectivity index (χ2v) is 11.5. The van der Waals surface area contributed by atoms with Gasteiger partial charge in [0.1, 0.15) is 6.04 Å². The summed E-state index contributed by atoms with van der Waals surface area (Å²) in [6.45, 7) is 5.84. The molecule has 1 aromatic rings. The molecule has 1 unspecified atom stereocenters. The molecule has 1 saturated heterocycles. The molecule has 5 amide bonds. The molecule has 2 bridgehead atoms. The van der Waals surface area contributed by atoms with Gasteiger partial charge in [-0.25, -0.2) is 9.59 Å². The lowest BCUT2D eigenvalue weighted by Gasteiger charge is -2.76. The van der Waals surface area contributed by atoms with E-state index in [9.17, 15) is 34.2 Å². The minimum Gasteiger partial charge on any atom is -0.465 e. The molecule has 3 saturated carbocycles. The van der Waals surface area contributed by atoms with Crippen molar-refractivity contribution in [2.75, 3.05) is 0 Å². The normalized spacial score (nSPS) is 28.6. The van der Waals surface area contributed by atoms with Gasteiger partial charge in [0.2, 0.25) is 11.8 Å². The fourth-order valence-electron chi connectivity index (χ4n) is 6.73. The number of carboxylic acid groups (broad SMARTS) is 2. The number of carbonyl (C=O) groups is 5. The summed E-state index contributed by atoms with van der Waals surface area (Å²) in [5, 5.41) is 22.1. The van der Waals surface area contributed by atoms with Crippen molar-refractivity contribution in [3.05, 3.63) is 34.9 Å². The Morgan fingerprint density at radius 1 is 1.08 bits per heavy atom. The van der Waals surface area contributed by atoms with E-state index in [1.165, 1.54) is 14.7 Å². The molecule has 0 aromatic heterocycles. The second-order valence-electron chi connectivity index (χ2n) is 11.5. The van der Waals surface area contributed by atoms with E-state index in [4.69, 9.17) is 0 Å². The van der Waals surface area contributed by atoms with E-state index in [-0.39, 0.29) is 37.7 Å². The largest absolute Gasteiger partial charge is 0.465 e. The molecule has 2 heterocycles. The Bertz CT molecular complexity index is 1180. The Morgan fingerprint density at radius 3 is 2.31 bits per heavy atom. The Morgan fingerprint density at radius 2 is 1.75 bits per heavy atom. The van der Waals surface area contributed by atoms with Crippen molar-refractivity contribution in [3.8, 4) is 0 Å². The second kappa shape index (κ2) is 7.68. The van der Waals surface area contributed by atoms with E-state index >= 15 is 0 Å². The predicted octanol–water partition coefficient (Wildman–Crippen LogP) is 2.38. The number of imide groups is 1. The molecule has 4 fully saturated rings. The average molecular weight is 499 g/mol. The third kappa shape index (κ3) is 3.51. The van der Waals surface area contributed by atoms with E-state index in [0.29, 0.717) is 30.4 Å². The molecule has 6 rings (SSSR count). The van der Waals surface area contributed by atoms with E-state index in [0.717, 1.165) is 5.56 Å². The SMILES string of the molecule is CC(C)(C)N(C(=O)O)C12CC(N(Cc3ccc4c(c3)C(=O)N(C3CCC(=O)NC3=O)C4)C(=O)O)(C1)C2. The molecule has 1 atom stereocenters. The molecule has 0 spiro atoms. The van der Waals surface area contributed by atoms with Crippen LogP contribution >= 0.6 is 0 Å². The van der Waals surface area contributed by atoms with Crippen LogP contribution < -0.4 is 5.32 Å². The Kier molecular flexibility index (Phi) is 5.14. The van der Waals surface area contributed by atoms with Crippen LogP contribution in [-0.2, 0) is 22.7 Å². The zero-order valence-electron chi connectivity index (χ0n) is 20.5. The highest BCUT2D eigenvalue weighted by Crippen LogP contribution is 2.67. The van der Waals surface area contributed by atoms with Gasteiger partial charge in [0, 0.05) is 30.6 Å². The number of amides is 5. The smallest absolute Gasteiger partial charge is 0.408 e. The van der Waals surface area contributed by atoms with Gasteiger partial charge in [-0.05, 0) is 63.6 Å². The summed E-state index contributed by atoms with van der Waals surface area (Å²) in [4.78, 5) is 65.3. The van der Waals surface area contributed by atoms with Crippen LogP contribution in [0.1, 0.15) is 74.4 Å². The average Bonchev–Trinajstić information content (AvgIpc) is 3.02. The maximum absolute atomic E-state index is 13.1. The van der Waals surface area contributed by atoms with Crippen molar-refractivity contribution in [3.63, 3.8) is 0 Å². The highest BCUT2D eigenvalue weighted by atomic mass is 16.4. The minimum absolute atomic E-state index is 0.0764. The molecule has 2 aliphatic heterocycles. The summed E-state index contributed by atoms with van der Waals surface area (Å²) in [5.41, 5.74) is 0.0739. The van der Waals surface area contributed by atoms with Crippen LogP contribution in [0.4, 0.5) is 9.59 Å². The first-order valence-electron chi connectivity index (χ1n) is 12.1. The highest BCUT2D eigenvalue weighted by molar-refractivity contribution is 6.05. The van der Waals surface area contributed by atoms with Gasteiger partial charge in [-0.15, -0.1) is 0 Å². The van der Waals surface area contributed by atoms with Crippen LogP contribution in [-0.4, -0.2) is 77.5 Å². The topological polar surface area (TPSA) is 148 Å². The number of rotatable bonds is 5. The molecule has 1 aromatic carbocycles. The standard InChI is InChI=1S/C25H30N4O7/c1-23(2,3)29(22(35)36)25-11-24(12-25,13-25)28(21(33)34)9-14-4-5-15-10-27(20(32)16(15)8-14)17-6-7-18(30)26-19(17)31/h4-5,8,17H,6-7,9-13H2,1-3H3,(H,33,34)(H,35,36)(H,26,30,31). The van der Waals surface area contributed by atoms with E-state index in [1.54, 1.807) is 18.2 Å². The lowest BCUT2D eigenvalue weighted by Crippen LogP contribution is -2.86. The van der Waals surface area contributed by atoms with Crippen LogP contribution in [0.5, 0.6) is 0 Å². The zero-order chi connectivity index (χ0) is 26.2. The van der Waals surface area contributed by atoms with E-state index in [1.807, 2.05) is 20.8 Å². The molecular formula is C25H30N4O7. The van der Waals surface area contributed by atoms with Crippen LogP contribution in [0.2, 0.25) is 0 Å². The van der Waals surface area contributed by atoms with Gasteiger partial charge in [-0.1, -0.05) is 12.1 Å². The van der Waals surface area contributed by atoms with Gasteiger partial charge in [-0.3, -0.25) is 29.5 Å². The fourth-order valence-corrected chi connectivity index (χ4v) is 6.73. The van der Waals surface area contributed by atoms with E-state index < -0.39 is 40.8 Å². The van der Waals surface area contributed by atoms with Crippen LogP contribution in [0.3, 0.4) is 0 Å². The molecule has 192 valence electrons. The Labute approximate surface area is 208 Å². The number of benzene rings is 1. The predicted molar refractivity (Wildman–Crippen MR) is 125 cm³/mol. The van der Waals surface area contributed by atoms with Crippen molar-refractivity contribution in [1.29, 1.82) is 0 Å². The summed E-state index contributed by atoms with van der Waals surface area (Å²) >= 11 is 0. The van der Waals surface area contributed by atoms with Crippen molar-refractivity contribution in [2.24, 2.45) is 0 Å². The van der Waals surface area contributed by atoms with Crippen LogP contribution in [0, 0.1) is 0 Å². The van der Waals surface area contributed by atoms with Crippen molar-refractivity contribution in [2.45, 2.75) is 88.6 Å². The van der Waals surface area contributed by atoms with Gasteiger partial charge in [0.15, 0.2) is 0 Å². The highest BCUT2D eigenvalue weighted by Gasteiger charge is 2.75. The number of nitrogens with zero attached hydrogens (tertiary/aromatic N) is 3. The lowest BCUT2D eigenvalue weighted by molar-refractivity contribution is -0.228. The molecular weight excluding hydrogens is 468 g/mol. The van der Waals surface area contributed by atoms with Crippen molar-refractivity contribution >= 4 is 29.9 Å². The zero-order valence-corrected chi connectivity index (χ0v) is 20.5. The van der Waals surface area contributed by atoms with Gasteiger partial charge in [0.05, 0.1) is 11.1 Å². The first-order valence-corrected chi connectivity index (χ1v) is 12.1. The first kappa shape index (κ1) is 24.1. The number of nitrogens with one attached hydrogen (secondary N) is 1. The maximum atomic E-state index is 13.1. The van der Waals surface area contributed by atoms with Crippen LogP contribution in [0.15, 0.2) is 18.2 Å². The first-order chi connectivity index (χ1) is 16.8. The lowest BCUT2D eigenvalue weighted by atomic mass is 9.42. The Balaban J connectivity index is 1.31. The summed E-state index contributed by atoms with van der Waals surface area (Å²) in [6, 6.07) is 4.54. The number of hydrogen-bond donors (Lipinski definition) is 3. The van der Waals surface area contributed by atoms with Gasteiger partial charge in [0.25, 0.3) is 5.91 Å². The summed E-state index contributed by atoms with van der Waals surface area (Å²) in [6.07, 6.45) is -0.299. The molecule has 36 heavy (non-hydrogen) atoms. The van der Waals surface area contributed by atoms with Gasteiger partial charge in [-0.2, -0.15) is 0 Å². The van der Waals surface area contributed by atoms with Crippen LogP contribution in [0.25, 0.3) is 0 Å². The third-order valence-corrected chi connectivity index (χ3v) is 8.05. The minimum atomic E-state index is -1.09. The molecule has 11 nitrogen and oxygen atoms in total. The van der Waals surface area contributed by atoms with E-state index in [2.05, 4.69) is 5.32 Å². The van der Waals surface area contributed by atoms with Crippen molar-refractivity contribution < 1.29 is 34.2 Å². The number of hydrogen-bond acceptors (Lipinski definition) is 5. The third-order valence-electron chi connectivity index (χ3n) is 8.05. The maximum Gasteiger partial charge on any atom is 0.408 e. The van der Waals surface area contributed by atoms with Gasteiger partial charge < -0.3 is 15.1 Å². The molecule has 3 N–H and O–H groups in total. The summed E-state index contributed by atoms with van der Waals surface area (Å²) < 4.78 is 0. The number of carbonyl (C=O) groups excluding carboxylic acids is 3. The quantitative estimate of drug-likeness (QED) is 0.528. The monoisotopic (exact) mass is 498 g/mol. The number of piperidine rings is 1. The molecule has 3 aliphatic carbocycles. The number of fused-ring (bicyclic) bond motifs is 1.